The summed E-state index contributed by atoms with van der Waals surface area (Å²) in [7, 11) is 0. The van der Waals surface area contributed by atoms with Gasteiger partial charge in [-0.05, 0) is 44.7 Å². The maximum absolute atomic E-state index is 13.2. The zero-order valence-electron chi connectivity index (χ0n) is 21.0. The number of carbonyl (C=O) groups is 1. The minimum atomic E-state index is -0.205. The Labute approximate surface area is 215 Å². The van der Waals surface area contributed by atoms with Crippen molar-refractivity contribution in [2.24, 2.45) is 5.92 Å². The summed E-state index contributed by atoms with van der Waals surface area (Å²) < 4.78 is 13.4. The predicted octanol–water partition coefficient (Wildman–Crippen LogP) is 4.46. The SMILES string of the molecule is CCOc1ccccc1-c1cc(NC(=O)[C@H]2CCCN(c3ncnc4c3nc3n4CCCCC3)C2)on1. The predicted molar refractivity (Wildman–Crippen MR) is 140 cm³/mol. The number of benzene rings is 1. The third-order valence-corrected chi connectivity index (χ3v) is 7.18. The van der Waals surface area contributed by atoms with Gasteiger partial charge in [0.1, 0.15) is 23.6 Å². The Bertz CT molecular complexity index is 1410. The van der Waals surface area contributed by atoms with Crippen molar-refractivity contribution in [3.05, 3.63) is 42.5 Å². The van der Waals surface area contributed by atoms with Gasteiger partial charge in [0.2, 0.25) is 11.8 Å². The Kier molecular flexibility index (Phi) is 6.46. The number of rotatable bonds is 6. The fraction of sp³-hybridized carbons (Fsp3) is 0.444. The highest BCUT2D eigenvalue weighted by Gasteiger charge is 2.30. The third kappa shape index (κ3) is 4.63. The second-order valence-electron chi connectivity index (χ2n) is 9.64. The molecule has 6 rings (SSSR count). The number of piperidine rings is 1. The van der Waals surface area contributed by atoms with E-state index in [-0.39, 0.29) is 11.8 Å². The summed E-state index contributed by atoms with van der Waals surface area (Å²) >= 11 is 0. The van der Waals surface area contributed by atoms with Gasteiger partial charge in [-0.2, -0.15) is 0 Å². The van der Waals surface area contributed by atoms with Crippen molar-refractivity contribution in [1.29, 1.82) is 0 Å². The smallest absolute Gasteiger partial charge is 0.231 e. The van der Waals surface area contributed by atoms with Crippen LogP contribution in [0.4, 0.5) is 11.7 Å². The van der Waals surface area contributed by atoms with E-state index >= 15 is 0 Å². The molecule has 0 bridgehead atoms. The highest BCUT2D eigenvalue weighted by Crippen LogP contribution is 2.32. The van der Waals surface area contributed by atoms with E-state index in [0.29, 0.717) is 24.7 Å². The summed E-state index contributed by atoms with van der Waals surface area (Å²) in [4.78, 5) is 29.5. The number of fused-ring (bicyclic) bond motifs is 3. The third-order valence-electron chi connectivity index (χ3n) is 7.18. The molecular weight excluding hydrogens is 470 g/mol. The molecule has 0 aliphatic carbocycles. The quantitative estimate of drug-likeness (QED) is 0.412. The first kappa shape index (κ1) is 23.4. The van der Waals surface area contributed by atoms with Gasteiger partial charge >= 0.3 is 0 Å². The number of imidazole rings is 1. The number of carbonyl (C=O) groups excluding carboxylic acids is 1. The van der Waals surface area contributed by atoms with Gasteiger partial charge in [0, 0.05) is 37.7 Å². The maximum atomic E-state index is 13.2. The van der Waals surface area contributed by atoms with Gasteiger partial charge in [-0.25, -0.2) is 15.0 Å². The van der Waals surface area contributed by atoms with Gasteiger partial charge in [0.05, 0.1) is 12.5 Å². The molecule has 0 spiro atoms. The number of nitrogens with one attached hydrogen (secondary N) is 1. The molecule has 0 saturated carbocycles. The molecule has 1 N–H and O–H groups in total. The lowest BCUT2D eigenvalue weighted by Gasteiger charge is -2.32. The van der Waals surface area contributed by atoms with Gasteiger partial charge in [-0.3, -0.25) is 10.1 Å². The van der Waals surface area contributed by atoms with Crippen molar-refractivity contribution in [2.75, 3.05) is 29.9 Å². The Morgan fingerprint density at radius 3 is 3.00 bits per heavy atom. The second-order valence-corrected chi connectivity index (χ2v) is 9.64. The molecule has 2 aliphatic rings. The van der Waals surface area contributed by atoms with E-state index in [1.165, 1.54) is 6.42 Å². The normalized spacial score (nSPS) is 17.9. The minimum absolute atomic E-state index is 0.0867. The van der Waals surface area contributed by atoms with Crippen LogP contribution in [0, 0.1) is 5.92 Å². The zero-order chi connectivity index (χ0) is 25.2. The van der Waals surface area contributed by atoms with Gasteiger partial charge < -0.3 is 18.7 Å². The van der Waals surface area contributed by atoms with E-state index in [4.69, 9.17) is 14.2 Å². The van der Waals surface area contributed by atoms with E-state index in [1.807, 2.05) is 31.2 Å². The van der Waals surface area contributed by atoms with E-state index in [2.05, 4.69) is 29.9 Å². The molecule has 2 aliphatic heterocycles. The van der Waals surface area contributed by atoms with Crippen molar-refractivity contribution < 1.29 is 14.1 Å². The van der Waals surface area contributed by atoms with Crippen molar-refractivity contribution in [3.8, 4) is 17.0 Å². The highest BCUT2D eigenvalue weighted by molar-refractivity contribution is 5.93. The molecule has 1 fully saturated rings. The van der Waals surface area contributed by atoms with Crippen LogP contribution in [0.5, 0.6) is 5.75 Å². The fourth-order valence-electron chi connectivity index (χ4n) is 5.38. The fourth-order valence-corrected chi connectivity index (χ4v) is 5.38. The average molecular weight is 502 g/mol. The number of hydrogen-bond acceptors (Lipinski definition) is 8. The minimum Gasteiger partial charge on any atom is -0.493 e. The monoisotopic (exact) mass is 501 g/mol. The van der Waals surface area contributed by atoms with Gasteiger partial charge in [0.15, 0.2) is 17.0 Å². The molecule has 3 aromatic heterocycles. The number of ether oxygens (including phenoxy) is 1. The molecule has 192 valence electrons. The first-order valence-electron chi connectivity index (χ1n) is 13.2. The standard InChI is InChI=1S/C27H31N7O3/c1-2-36-21-11-6-5-10-19(21)20-15-23(37-32-20)31-27(35)18-9-8-13-33(16-18)25-24-26(29-17-28-25)34-14-7-3-4-12-22(34)30-24/h5-6,10-11,15,17-18H,2-4,7-9,12-14,16H2,1H3,(H,31,35)/t18-/m0/s1. The van der Waals surface area contributed by atoms with Gasteiger partial charge in [-0.15, -0.1) is 0 Å². The molecular formula is C27H31N7O3. The topological polar surface area (TPSA) is 111 Å². The number of amides is 1. The Morgan fingerprint density at radius 1 is 1.16 bits per heavy atom. The summed E-state index contributed by atoms with van der Waals surface area (Å²) in [6.45, 7) is 4.83. The first-order chi connectivity index (χ1) is 18.2. The van der Waals surface area contributed by atoms with Crippen molar-refractivity contribution in [2.45, 2.75) is 52.0 Å². The zero-order valence-corrected chi connectivity index (χ0v) is 21.0. The van der Waals surface area contributed by atoms with Gasteiger partial charge in [0.25, 0.3) is 0 Å². The second kappa shape index (κ2) is 10.2. The molecule has 5 heterocycles. The first-order valence-corrected chi connectivity index (χ1v) is 13.2. The molecule has 10 nitrogen and oxygen atoms in total. The van der Waals surface area contributed by atoms with Crippen LogP contribution in [0.3, 0.4) is 0 Å². The van der Waals surface area contributed by atoms with E-state index in [0.717, 1.165) is 79.3 Å². The van der Waals surface area contributed by atoms with E-state index in [9.17, 15) is 4.79 Å². The lowest BCUT2D eigenvalue weighted by molar-refractivity contribution is -0.120. The molecule has 1 atom stereocenters. The van der Waals surface area contributed by atoms with E-state index < -0.39 is 0 Å². The number of aryl methyl sites for hydroxylation is 2. The van der Waals surface area contributed by atoms with E-state index in [1.54, 1.807) is 12.4 Å². The Hall–Kier alpha value is -3.95. The van der Waals surface area contributed by atoms with Crippen molar-refractivity contribution in [1.82, 2.24) is 24.7 Å². The Balaban J connectivity index is 1.18. The highest BCUT2D eigenvalue weighted by atomic mass is 16.5. The van der Waals surface area contributed by atoms with Crippen molar-refractivity contribution in [3.63, 3.8) is 0 Å². The molecule has 4 aromatic rings. The number of anilines is 2. The molecule has 1 saturated heterocycles. The number of aromatic nitrogens is 5. The summed E-state index contributed by atoms with van der Waals surface area (Å²) in [5, 5.41) is 7.08. The van der Waals surface area contributed by atoms with Crippen LogP contribution in [-0.2, 0) is 17.8 Å². The van der Waals surface area contributed by atoms with Gasteiger partial charge in [-0.1, -0.05) is 23.7 Å². The van der Waals surface area contributed by atoms with Crippen LogP contribution >= 0.6 is 0 Å². The number of para-hydroxylation sites is 1. The summed E-state index contributed by atoms with van der Waals surface area (Å²) in [5.74, 6) is 2.67. The summed E-state index contributed by atoms with van der Waals surface area (Å²) in [6, 6.07) is 9.39. The molecule has 1 aromatic carbocycles. The van der Waals surface area contributed by atoms with Crippen LogP contribution < -0.4 is 15.0 Å². The maximum Gasteiger partial charge on any atom is 0.231 e. The molecule has 0 radical (unpaired) electrons. The average Bonchev–Trinajstić information content (AvgIpc) is 3.46. The number of hydrogen-bond donors (Lipinski definition) is 1. The Morgan fingerprint density at radius 2 is 2.08 bits per heavy atom. The molecule has 1 amide bonds. The molecule has 10 heteroatoms. The van der Waals surface area contributed by atoms with Crippen LogP contribution in [0.15, 0.2) is 41.2 Å². The molecule has 0 unspecified atom stereocenters. The van der Waals surface area contributed by atoms with Crippen LogP contribution in [0.25, 0.3) is 22.4 Å². The van der Waals surface area contributed by atoms with Crippen LogP contribution in [0.1, 0.15) is 44.9 Å². The van der Waals surface area contributed by atoms with Crippen LogP contribution in [0.2, 0.25) is 0 Å². The summed E-state index contributed by atoms with van der Waals surface area (Å²) in [5.41, 5.74) is 3.18. The summed E-state index contributed by atoms with van der Waals surface area (Å²) in [6.07, 6.45) is 7.79. The lowest BCUT2D eigenvalue weighted by Crippen LogP contribution is -2.41. The number of nitrogens with zero attached hydrogens (tertiary/aromatic N) is 6. The van der Waals surface area contributed by atoms with Crippen molar-refractivity contribution >= 4 is 28.8 Å². The van der Waals surface area contributed by atoms with Crippen LogP contribution in [-0.4, -0.2) is 50.3 Å². The largest absolute Gasteiger partial charge is 0.493 e. The lowest BCUT2D eigenvalue weighted by atomic mass is 9.97. The molecule has 37 heavy (non-hydrogen) atoms.